The molecule has 0 saturated carbocycles. The molecule has 0 aromatic heterocycles. The Morgan fingerprint density at radius 1 is 1.16 bits per heavy atom. The smallest absolute Gasteiger partial charge is 0.331 e. The molecule has 102 valence electrons. The Kier molecular flexibility index (Phi) is 4.87. The minimum atomic E-state index is -0.531. The van der Waals surface area contributed by atoms with Gasteiger partial charge < -0.3 is 9.47 Å². The van der Waals surface area contributed by atoms with E-state index in [0.29, 0.717) is 11.3 Å². The van der Waals surface area contributed by atoms with Crippen LogP contribution in [0, 0.1) is 0 Å². The molecule has 0 amide bonds. The minimum absolute atomic E-state index is 0.405. The van der Waals surface area contributed by atoms with Crippen molar-refractivity contribution < 1.29 is 19.1 Å². The highest BCUT2D eigenvalue weighted by atomic mass is 16.6. The van der Waals surface area contributed by atoms with Crippen LogP contribution in [0.4, 0.5) is 0 Å². The summed E-state index contributed by atoms with van der Waals surface area (Å²) in [5, 5.41) is 0. The molecule has 0 aliphatic carbocycles. The summed E-state index contributed by atoms with van der Waals surface area (Å²) < 4.78 is 10.2. The van der Waals surface area contributed by atoms with Crippen molar-refractivity contribution in [3.05, 3.63) is 35.9 Å². The lowest BCUT2D eigenvalue weighted by Gasteiger charge is -2.17. The molecule has 0 spiro atoms. The Morgan fingerprint density at radius 2 is 1.79 bits per heavy atom. The Hall–Kier alpha value is -2.10. The van der Waals surface area contributed by atoms with E-state index in [0.717, 1.165) is 0 Å². The molecule has 1 rings (SSSR count). The summed E-state index contributed by atoms with van der Waals surface area (Å²) >= 11 is 0. The first-order chi connectivity index (χ1) is 8.78. The second kappa shape index (κ2) is 6.18. The summed E-state index contributed by atoms with van der Waals surface area (Å²) in [4.78, 5) is 22.5. The van der Waals surface area contributed by atoms with Gasteiger partial charge >= 0.3 is 11.9 Å². The highest BCUT2D eigenvalue weighted by molar-refractivity contribution is 5.88. The van der Waals surface area contributed by atoms with Crippen LogP contribution in [-0.2, 0) is 14.3 Å². The summed E-state index contributed by atoms with van der Waals surface area (Å²) in [6, 6.07) is 6.96. The molecule has 0 aliphatic rings. The van der Waals surface area contributed by atoms with E-state index in [1.807, 2.05) is 0 Å². The lowest BCUT2D eigenvalue weighted by atomic mass is 10.2. The molecule has 19 heavy (non-hydrogen) atoms. The van der Waals surface area contributed by atoms with Crippen LogP contribution in [0.1, 0.15) is 33.3 Å². The van der Waals surface area contributed by atoms with Gasteiger partial charge in [0, 0.05) is 18.6 Å². The number of rotatable bonds is 3. The zero-order chi connectivity index (χ0) is 14.5. The van der Waals surface area contributed by atoms with Crippen molar-refractivity contribution in [2.45, 2.75) is 33.3 Å². The summed E-state index contributed by atoms with van der Waals surface area (Å²) in [7, 11) is 0. The van der Waals surface area contributed by atoms with Gasteiger partial charge in [-0.15, -0.1) is 0 Å². The van der Waals surface area contributed by atoms with Gasteiger partial charge in [-0.05, 0) is 32.9 Å². The average Bonchev–Trinajstić information content (AvgIpc) is 2.24. The third-order valence-corrected chi connectivity index (χ3v) is 1.98. The van der Waals surface area contributed by atoms with E-state index in [2.05, 4.69) is 0 Å². The summed E-state index contributed by atoms with van der Waals surface area (Å²) in [5.41, 5.74) is 0.111. The van der Waals surface area contributed by atoms with Crippen molar-refractivity contribution in [2.75, 3.05) is 0 Å². The van der Waals surface area contributed by atoms with Gasteiger partial charge in [-0.25, -0.2) is 4.79 Å². The normalized spacial score (nSPS) is 11.4. The van der Waals surface area contributed by atoms with E-state index in [4.69, 9.17) is 9.47 Å². The van der Waals surface area contributed by atoms with Crippen LogP contribution in [0.25, 0.3) is 6.08 Å². The van der Waals surface area contributed by atoms with Gasteiger partial charge in [-0.2, -0.15) is 0 Å². The molecular weight excluding hydrogens is 244 g/mol. The Balaban J connectivity index is 2.81. The fraction of sp³-hybridized carbons (Fsp3) is 0.333. The molecule has 0 atom stereocenters. The quantitative estimate of drug-likeness (QED) is 0.477. The fourth-order valence-corrected chi connectivity index (χ4v) is 1.36. The molecule has 0 saturated heterocycles. The number of ether oxygens (including phenoxy) is 2. The number of benzene rings is 1. The first-order valence-corrected chi connectivity index (χ1v) is 5.96. The van der Waals surface area contributed by atoms with Crippen LogP contribution in [-0.4, -0.2) is 17.5 Å². The van der Waals surface area contributed by atoms with E-state index in [1.54, 1.807) is 51.1 Å². The van der Waals surface area contributed by atoms with E-state index in [-0.39, 0.29) is 0 Å². The Labute approximate surface area is 113 Å². The maximum Gasteiger partial charge on any atom is 0.331 e. The highest BCUT2D eigenvalue weighted by Crippen LogP contribution is 2.20. The van der Waals surface area contributed by atoms with Gasteiger partial charge in [0.15, 0.2) is 0 Å². The topological polar surface area (TPSA) is 52.6 Å². The monoisotopic (exact) mass is 262 g/mol. The number of carbonyl (C=O) groups is 2. The summed E-state index contributed by atoms with van der Waals surface area (Å²) in [5.74, 6) is -0.432. The van der Waals surface area contributed by atoms with Gasteiger partial charge in [0.05, 0.1) is 0 Å². The predicted octanol–water partition coefficient (Wildman–Crippen LogP) is 2.97. The number of hydrogen-bond donors (Lipinski definition) is 0. The van der Waals surface area contributed by atoms with E-state index in [1.165, 1.54) is 13.0 Å². The van der Waals surface area contributed by atoms with Crippen LogP contribution in [0.2, 0.25) is 0 Å². The third-order valence-electron chi connectivity index (χ3n) is 1.98. The van der Waals surface area contributed by atoms with Crippen LogP contribution in [0.15, 0.2) is 30.3 Å². The van der Waals surface area contributed by atoms with Crippen LogP contribution < -0.4 is 4.74 Å². The number of esters is 2. The maximum absolute atomic E-state index is 11.5. The van der Waals surface area contributed by atoms with E-state index in [9.17, 15) is 9.59 Å². The molecule has 0 bridgehead atoms. The first kappa shape index (κ1) is 15.0. The molecule has 0 N–H and O–H groups in total. The third kappa shape index (κ3) is 5.86. The predicted molar refractivity (Wildman–Crippen MR) is 72.6 cm³/mol. The van der Waals surface area contributed by atoms with Crippen molar-refractivity contribution in [1.82, 2.24) is 0 Å². The standard InChI is InChI=1S/C15H18O4/c1-11(16)18-13-8-6-5-7-12(13)9-10-14(17)19-15(2,3)4/h5-10H,1-4H3/b10-9+. The molecule has 0 heterocycles. The van der Waals surface area contributed by atoms with Gasteiger partial charge in [-0.3, -0.25) is 4.79 Å². The van der Waals surface area contributed by atoms with Gasteiger partial charge in [0.2, 0.25) is 0 Å². The fourth-order valence-electron chi connectivity index (χ4n) is 1.36. The SMILES string of the molecule is CC(=O)Oc1ccccc1/C=C/C(=O)OC(C)(C)C. The maximum atomic E-state index is 11.5. The van der Waals surface area contributed by atoms with Gasteiger partial charge in [-0.1, -0.05) is 18.2 Å². The number of para-hydroxylation sites is 1. The van der Waals surface area contributed by atoms with E-state index >= 15 is 0 Å². The summed E-state index contributed by atoms with van der Waals surface area (Å²) in [6.07, 6.45) is 2.87. The largest absolute Gasteiger partial charge is 0.457 e. The van der Waals surface area contributed by atoms with Crippen molar-refractivity contribution in [3.63, 3.8) is 0 Å². The molecule has 1 aromatic rings. The molecule has 4 heteroatoms. The highest BCUT2D eigenvalue weighted by Gasteiger charge is 2.14. The first-order valence-electron chi connectivity index (χ1n) is 5.96. The van der Waals surface area contributed by atoms with E-state index < -0.39 is 17.5 Å². The van der Waals surface area contributed by atoms with Crippen LogP contribution >= 0.6 is 0 Å². The van der Waals surface area contributed by atoms with Crippen LogP contribution in [0.3, 0.4) is 0 Å². The second-order valence-electron chi connectivity index (χ2n) is 5.00. The molecule has 0 aliphatic heterocycles. The molecule has 0 radical (unpaired) electrons. The summed E-state index contributed by atoms with van der Waals surface area (Å²) in [6.45, 7) is 6.72. The minimum Gasteiger partial charge on any atom is -0.457 e. The average molecular weight is 262 g/mol. The van der Waals surface area contributed by atoms with Gasteiger partial charge in [0.1, 0.15) is 11.4 Å². The number of carbonyl (C=O) groups excluding carboxylic acids is 2. The van der Waals surface area contributed by atoms with Crippen molar-refractivity contribution in [2.24, 2.45) is 0 Å². The lowest BCUT2D eigenvalue weighted by Crippen LogP contribution is -2.22. The zero-order valence-corrected chi connectivity index (χ0v) is 11.6. The second-order valence-corrected chi connectivity index (χ2v) is 5.00. The molecular formula is C15H18O4. The molecule has 0 fully saturated rings. The van der Waals surface area contributed by atoms with Crippen molar-refractivity contribution in [3.8, 4) is 5.75 Å². The number of hydrogen-bond acceptors (Lipinski definition) is 4. The van der Waals surface area contributed by atoms with Crippen molar-refractivity contribution in [1.29, 1.82) is 0 Å². The van der Waals surface area contributed by atoms with Crippen LogP contribution in [0.5, 0.6) is 5.75 Å². The molecule has 0 unspecified atom stereocenters. The van der Waals surface area contributed by atoms with Gasteiger partial charge in [0.25, 0.3) is 0 Å². The zero-order valence-electron chi connectivity index (χ0n) is 11.6. The van der Waals surface area contributed by atoms with Crippen molar-refractivity contribution >= 4 is 18.0 Å². The Bertz CT molecular complexity index is 495. The molecule has 1 aromatic carbocycles. The molecule has 4 nitrogen and oxygen atoms in total. The Morgan fingerprint density at radius 3 is 2.37 bits per heavy atom. The lowest BCUT2D eigenvalue weighted by molar-refractivity contribution is -0.148.